The zero-order chi connectivity index (χ0) is 13.2. The van der Waals surface area contributed by atoms with Crippen LogP contribution in [0.3, 0.4) is 0 Å². The molecular formula is C14H19N3OS. The number of aromatic nitrogens is 1. The van der Waals surface area contributed by atoms with Crippen LogP contribution in [0.4, 0.5) is 5.82 Å². The molecule has 102 valence electrons. The number of hydrogen-bond donors (Lipinski definition) is 2. The SMILES string of the molecule is COc1cccnc1NC(=S)N[C@@H]1C[C@H]2CC[C@@H]1C2. The minimum absolute atomic E-state index is 0.536. The van der Waals surface area contributed by atoms with Crippen LogP contribution in [-0.4, -0.2) is 23.2 Å². The van der Waals surface area contributed by atoms with Gasteiger partial charge in [0.25, 0.3) is 0 Å². The Balaban J connectivity index is 1.59. The molecule has 1 aromatic heterocycles. The van der Waals surface area contributed by atoms with Crippen LogP contribution in [0.5, 0.6) is 5.75 Å². The van der Waals surface area contributed by atoms with Crippen LogP contribution < -0.4 is 15.4 Å². The van der Waals surface area contributed by atoms with E-state index in [9.17, 15) is 0 Å². The van der Waals surface area contributed by atoms with Gasteiger partial charge in [-0.05, 0) is 55.4 Å². The molecule has 1 aromatic rings. The smallest absolute Gasteiger partial charge is 0.174 e. The van der Waals surface area contributed by atoms with E-state index in [0.29, 0.717) is 22.7 Å². The Kier molecular flexibility index (Phi) is 3.55. The van der Waals surface area contributed by atoms with Crippen molar-refractivity contribution in [3.05, 3.63) is 18.3 Å². The molecule has 2 aliphatic rings. The molecule has 2 bridgehead atoms. The lowest BCUT2D eigenvalue weighted by molar-refractivity contribution is 0.391. The van der Waals surface area contributed by atoms with Crippen LogP contribution in [0.2, 0.25) is 0 Å². The minimum Gasteiger partial charge on any atom is -0.493 e. The summed E-state index contributed by atoms with van der Waals surface area (Å²) in [6.45, 7) is 0. The minimum atomic E-state index is 0.536. The maximum absolute atomic E-state index is 5.38. The fourth-order valence-electron chi connectivity index (χ4n) is 3.38. The number of anilines is 1. The van der Waals surface area contributed by atoms with Crippen LogP contribution in [0.15, 0.2) is 18.3 Å². The fourth-order valence-corrected chi connectivity index (χ4v) is 3.63. The first kappa shape index (κ1) is 12.7. The summed E-state index contributed by atoms with van der Waals surface area (Å²) < 4.78 is 5.25. The molecular weight excluding hydrogens is 258 g/mol. The van der Waals surface area contributed by atoms with Crippen LogP contribution in [-0.2, 0) is 0 Å². The van der Waals surface area contributed by atoms with Gasteiger partial charge in [-0.3, -0.25) is 0 Å². The molecule has 5 heteroatoms. The third-order valence-corrected chi connectivity index (χ3v) is 4.50. The molecule has 0 aliphatic heterocycles. The van der Waals surface area contributed by atoms with Gasteiger partial charge in [-0.25, -0.2) is 4.98 Å². The van der Waals surface area contributed by atoms with E-state index in [2.05, 4.69) is 15.6 Å². The summed E-state index contributed by atoms with van der Waals surface area (Å²) in [5, 5.41) is 7.21. The molecule has 2 aliphatic carbocycles. The Labute approximate surface area is 118 Å². The van der Waals surface area contributed by atoms with Crippen LogP contribution in [0, 0.1) is 11.8 Å². The fraction of sp³-hybridized carbons (Fsp3) is 0.571. The molecule has 2 saturated carbocycles. The number of fused-ring (bicyclic) bond motifs is 2. The Morgan fingerprint density at radius 2 is 2.32 bits per heavy atom. The highest BCUT2D eigenvalue weighted by atomic mass is 32.1. The molecule has 0 spiro atoms. The highest BCUT2D eigenvalue weighted by Crippen LogP contribution is 2.44. The van der Waals surface area contributed by atoms with E-state index in [1.165, 1.54) is 25.7 Å². The maximum atomic E-state index is 5.38. The number of nitrogens with one attached hydrogen (secondary N) is 2. The molecule has 0 radical (unpaired) electrons. The average Bonchev–Trinajstić information content (AvgIpc) is 3.01. The van der Waals surface area contributed by atoms with Crippen molar-refractivity contribution in [3.8, 4) is 5.75 Å². The predicted molar refractivity (Wildman–Crippen MR) is 79.4 cm³/mol. The average molecular weight is 277 g/mol. The number of hydrogen-bond acceptors (Lipinski definition) is 3. The van der Waals surface area contributed by atoms with Gasteiger partial charge in [-0.1, -0.05) is 6.42 Å². The van der Waals surface area contributed by atoms with Gasteiger partial charge in [-0.15, -0.1) is 0 Å². The first-order valence-electron chi connectivity index (χ1n) is 6.83. The van der Waals surface area contributed by atoms with Crippen LogP contribution in [0.25, 0.3) is 0 Å². The largest absolute Gasteiger partial charge is 0.493 e. The van der Waals surface area contributed by atoms with Gasteiger partial charge in [-0.2, -0.15) is 0 Å². The Morgan fingerprint density at radius 3 is 3.00 bits per heavy atom. The van der Waals surface area contributed by atoms with Gasteiger partial charge < -0.3 is 15.4 Å². The summed E-state index contributed by atoms with van der Waals surface area (Å²) in [7, 11) is 1.63. The number of thiocarbonyl (C=S) groups is 1. The number of methoxy groups -OCH3 is 1. The standard InChI is InChI=1S/C14H19N3OS/c1-18-12-3-2-6-15-13(12)17-14(19)16-11-8-9-4-5-10(11)7-9/h2-3,6,9-11H,4-5,7-8H2,1H3,(H2,15,16,17,19)/t9-,10+,11+/m0/s1. The number of pyridine rings is 1. The molecule has 0 saturated heterocycles. The summed E-state index contributed by atoms with van der Waals surface area (Å²) in [6.07, 6.45) is 7.10. The maximum Gasteiger partial charge on any atom is 0.174 e. The molecule has 1 heterocycles. The zero-order valence-corrected chi connectivity index (χ0v) is 11.9. The molecule has 4 nitrogen and oxygen atoms in total. The lowest BCUT2D eigenvalue weighted by Gasteiger charge is -2.24. The highest BCUT2D eigenvalue weighted by molar-refractivity contribution is 7.80. The van der Waals surface area contributed by atoms with Crippen LogP contribution >= 0.6 is 12.2 Å². The predicted octanol–water partition coefficient (Wildman–Crippen LogP) is 2.57. The third-order valence-electron chi connectivity index (χ3n) is 4.28. The number of rotatable bonds is 3. The van der Waals surface area contributed by atoms with E-state index in [4.69, 9.17) is 17.0 Å². The second kappa shape index (κ2) is 5.33. The van der Waals surface area contributed by atoms with Crippen molar-refractivity contribution in [2.45, 2.75) is 31.7 Å². The lowest BCUT2D eigenvalue weighted by Crippen LogP contribution is -2.41. The number of nitrogens with zero attached hydrogens (tertiary/aromatic N) is 1. The summed E-state index contributed by atoms with van der Waals surface area (Å²) in [4.78, 5) is 4.25. The molecule has 19 heavy (non-hydrogen) atoms. The van der Waals surface area contributed by atoms with E-state index < -0.39 is 0 Å². The topological polar surface area (TPSA) is 46.2 Å². The molecule has 0 unspecified atom stereocenters. The second-order valence-electron chi connectivity index (χ2n) is 5.43. The second-order valence-corrected chi connectivity index (χ2v) is 5.84. The normalized spacial score (nSPS) is 28.2. The van der Waals surface area contributed by atoms with Gasteiger partial charge in [0, 0.05) is 12.2 Å². The number of ether oxygens (including phenoxy) is 1. The van der Waals surface area contributed by atoms with Crippen molar-refractivity contribution in [3.63, 3.8) is 0 Å². The van der Waals surface area contributed by atoms with Crippen molar-refractivity contribution in [2.24, 2.45) is 11.8 Å². The first-order chi connectivity index (χ1) is 9.26. The van der Waals surface area contributed by atoms with Gasteiger partial charge >= 0.3 is 0 Å². The van der Waals surface area contributed by atoms with Crippen molar-refractivity contribution < 1.29 is 4.74 Å². The zero-order valence-electron chi connectivity index (χ0n) is 11.1. The van der Waals surface area contributed by atoms with Crippen molar-refractivity contribution in [2.75, 3.05) is 12.4 Å². The lowest BCUT2D eigenvalue weighted by atomic mass is 9.96. The highest BCUT2D eigenvalue weighted by Gasteiger charge is 2.39. The molecule has 2 N–H and O–H groups in total. The van der Waals surface area contributed by atoms with Crippen LogP contribution in [0.1, 0.15) is 25.7 Å². The molecule has 2 fully saturated rings. The van der Waals surface area contributed by atoms with Crippen molar-refractivity contribution in [1.82, 2.24) is 10.3 Å². The quantitative estimate of drug-likeness (QED) is 0.832. The first-order valence-corrected chi connectivity index (χ1v) is 7.23. The summed E-state index contributed by atoms with van der Waals surface area (Å²) in [5.41, 5.74) is 0. The molecule has 0 aromatic carbocycles. The third kappa shape index (κ3) is 2.66. The molecule has 3 atom stereocenters. The van der Waals surface area contributed by atoms with E-state index in [1.54, 1.807) is 13.3 Å². The van der Waals surface area contributed by atoms with Gasteiger partial charge in [0.1, 0.15) is 0 Å². The Morgan fingerprint density at radius 1 is 1.42 bits per heavy atom. The Hall–Kier alpha value is -1.36. The van der Waals surface area contributed by atoms with E-state index in [1.807, 2.05) is 12.1 Å². The van der Waals surface area contributed by atoms with Crippen molar-refractivity contribution >= 4 is 23.1 Å². The monoisotopic (exact) mass is 277 g/mol. The Bertz CT molecular complexity index is 480. The van der Waals surface area contributed by atoms with E-state index in [-0.39, 0.29) is 0 Å². The summed E-state index contributed by atoms with van der Waals surface area (Å²) in [5.74, 6) is 3.09. The van der Waals surface area contributed by atoms with Gasteiger partial charge in [0.15, 0.2) is 16.7 Å². The summed E-state index contributed by atoms with van der Waals surface area (Å²) in [6, 6.07) is 4.25. The summed E-state index contributed by atoms with van der Waals surface area (Å²) >= 11 is 5.38. The van der Waals surface area contributed by atoms with Gasteiger partial charge in [0.05, 0.1) is 7.11 Å². The van der Waals surface area contributed by atoms with Crippen molar-refractivity contribution in [1.29, 1.82) is 0 Å². The molecule has 0 amide bonds. The molecule has 3 rings (SSSR count). The van der Waals surface area contributed by atoms with Gasteiger partial charge in [0.2, 0.25) is 0 Å². The van der Waals surface area contributed by atoms with E-state index >= 15 is 0 Å². The van der Waals surface area contributed by atoms with E-state index in [0.717, 1.165) is 11.8 Å².